The minimum Gasteiger partial charge on any atom is -0.391 e. The highest BCUT2D eigenvalue weighted by Gasteiger charge is 2.14. The van der Waals surface area contributed by atoms with Crippen molar-refractivity contribution in [3.63, 3.8) is 0 Å². The Morgan fingerprint density at radius 1 is 1.10 bits per heavy atom. The van der Waals surface area contributed by atoms with E-state index in [0.717, 1.165) is 27.2 Å². The molecule has 0 amide bonds. The third-order valence-corrected chi connectivity index (χ3v) is 5.09. The summed E-state index contributed by atoms with van der Waals surface area (Å²) in [7, 11) is 0. The van der Waals surface area contributed by atoms with Gasteiger partial charge in [-0.05, 0) is 31.2 Å². The average Bonchev–Trinajstić information content (AvgIpc) is 2.76. The first-order valence-corrected chi connectivity index (χ1v) is 9.85. The van der Waals surface area contributed by atoms with E-state index in [-0.39, 0.29) is 0 Å². The molecular weight excluding hydrogens is 421 g/mol. The highest BCUT2D eigenvalue weighted by Crippen LogP contribution is 2.37. The smallest absolute Gasteiger partial charge is 0.139 e. The van der Waals surface area contributed by atoms with Crippen LogP contribution in [0.3, 0.4) is 0 Å². The largest absolute Gasteiger partial charge is 0.391 e. The van der Waals surface area contributed by atoms with Crippen molar-refractivity contribution >= 4 is 62.1 Å². The van der Waals surface area contributed by atoms with Crippen LogP contribution in [0.15, 0.2) is 66.9 Å². The Morgan fingerprint density at radius 3 is 2.53 bits per heavy atom. The van der Waals surface area contributed by atoms with E-state index in [1.807, 2.05) is 19.1 Å². The number of anilines is 2. The van der Waals surface area contributed by atoms with Gasteiger partial charge in [-0.25, -0.2) is 4.98 Å². The maximum atomic E-state index is 6.55. The van der Waals surface area contributed by atoms with E-state index in [4.69, 9.17) is 33.0 Å². The monoisotopic (exact) mass is 437 g/mol. The Kier molecular flexibility index (Phi) is 5.79. The Bertz CT molecular complexity index is 1270. The molecule has 0 unspecified atom stereocenters. The topological polar surface area (TPSA) is 72.3 Å². The molecule has 0 aliphatic heterocycles. The average molecular weight is 438 g/mol. The zero-order valence-electron chi connectivity index (χ0n) is 16.1. The maximum Gasteiger partial charge on any atom is 0.139 e. The van der Waals surface area contributed by atoms with Crippen molar-refractivity contribution in [2.75, 3.05) is 11.9 Å². The highest BCUT2D eigenvalue weighted by molar-refractivity contribution is 6.40. The van der Waals surface area contributed by atoms with Gasteiger partial charge in [0.25, 0.3) is 0 Å². The molecule has 3 heterocycles. The molecule has 0 fully saturated rings. The minimum atomic E-state index is 0.323. The predicted octanol–water partition coefficient (Wildman–Crippen LogP) is 6.16. The molecule has 30 heavy (non-hydrogen) atoms. The van der Waals surface area contributed by atoms with Gasteiger partial charge >= 0.3 is 0 Å². The first-order valence-electron chi connectivity index (χ1n) is 9.10. The quantitative estimate of drug-likeness (QED) is 0.128. The number of nitrogens with one attached hydrogen (secondary N) is 1. The van der Waals surface area contributed by atoms with E-state index >= 15 is 0 Å². The minimum absolute atomic E-state index is 0.323. The summed E-state index contributed by atoms with van der Waals surface area (Å²) in [5.41, 5.74) is 2.76. The van der Waals surface area contributed by atoms with E-state index in [1.165, 1.54) is 0 Å². The standard InChI is InChI=1S/C22H17Cl2N5O/c1-3-8-30-29-13(2)14-9-18(23)21(19(24)10-14)28-22-15-4-6-25-11-16(15)17-12-26-7-5-20(17)27-22/h3-7,9-12H,1,8H2,2H3,(H,27,28). The van der Waals surface area contributed by atoms with Crippen LogP contribution in [0.2, 0.25) is 10.0 Å². The summed E-state index contributed by atoms with van der Waals surface area (Å²) in [6, 6.07) is 7.30. The predicted molar refractivity (Wildman–Crippen MR) is 123 cm³/mol. The highest BCUT2D eigenvalue weighted by atomic mass is 35.5. The lowest BCUT2D eigenvalue weighted by Crippen LogP contribution is -2.01. The van der Waals surface area contributed by atoms with Crippen LogP contribution in [0.1, 0.15) is 12.5 Å². The fourth-order valence-electron chi connectivity index (χ4n) is 3.04. The number of oxime groups is 1. The Morgan fingerprint density at radius 2 is 1.80 bits per heavy atom. The Balaban J connectivity index is 1.76. The van der Waals surface area contributed by atoms with Crippen molar-refractivity contribution in [2.24, 2.45) is 5.16 Å². The molecule has 0 atom stereocenters. The summed E-state index contributed by atoms with van der Waals surface area (Å²) < 4.78 is 0. The van der Waals surface area contributed by atoms with Crippen LogP contribution < -0.4 is 5.32 Å². The van der Waals surface area contributed by atoms with Crippen molar-refractivity contribution in [2.45, 2.75) is 6.92 Å². The van der Waals surface area contributed by atoms with Crippen molar-refractivity contribution in [3.8, 4) is 0 Å². The lowest BCUT2D eigenvalue weighted by molar-refractivity contribution is 0.175. The van der Waals surface area contributed by atoms with Gasteiger partial charge < -0.3 is 10.2 Å². The van der Waals surface area contributed by atoms with Gasteiger partial charge in [-0.3, -0.25) is 9.97 Å². The van der Waals surface area contributed by atoms with E-state index in [0.29, 0.717) is 33.9 Å². The third-order valence-electron chi connectivity index (χ3n) is 4.49. The van der Waals surface area contributed by atoms with Gasteiger partial charge in [0.2, 0.25) is 0 Å². The van der Waals surface area contributed by atoms with Crippen LogP contribution in [0.25, 0.3) is 21.7 Å². The molecule has 0 spiro atoms. The summed E-state index contributed by atoms with van der Waals surface area (Å²) in [5, 5.41) is 10.9. The van der Waals surface area contributed by atoms with Gasteiger partial charge in [-0.15, -0.1) is 0 Å². The number of halogens is 2. The summed E-state index contributed by atoms with van der Waals surface area (Å²) >= 11 is 13.1. The number of hydrogen-bond donors (Lipinski definition) is 1. The third kappa shape index (κ3) is 3.92. The molecule has 1 aromatic carbocycles. The van der Waals surface area contributed by atoms with Gasteiger partial charge in [0, 0.05) is 46.5 Å². The molecule has 0 radical (unpaired) electrons. The number of hydrogen-bond acceptors (Lipinski definition) is 6. The fraction of sp³-hybridized carbons (Fsp3) is 0.0909. The molecule has 8 heteroatoms. The summed E-state index contributed by atoms with van der Waals surface area (Å²) in [6.07, 6.45) is 8.61. The molecule has 6 nitrogen and oxygen atoms in total. The van der Waals surface area contributed by atoms with Crippen LogP contribution in [0.4, 0.5) is 11.5 Å². The van der Waals surface area contributed by atoms with Crippen molar-refractivity contribution in [1.82, 2.24) is 15.0 Å². The molecule has 4 aromatic rings. The van der Waals surface area contributed by atoms with E-state index in [2.05, 4.69) is 27.0 Å². The molecule has 0 saturated carbocycles. The summed E-state index contributed by atoms with van der Waals surface area (Å²) in [5.74, 6) is 0.627. The van der Waals surface area contributed by atoms with Crippen LogP contribution in [-0.2, 0) is 4.84 Å². The molecule has 4 rings (SSSR count). The normalized spacial score (nSPS) is 11.6. The van der Waals surface area contributed by atoms with Crippen LogP contribution in [0.5, 0.6) is 0 Å². The van der Waals surface area contributed by atoms with Gasteiger partial charge in [0.1, 0.15) is 12.4 Å². The van der Waals surface area contributed by atoms with E-state index in [1.54, 1.807) is 43.0 Å². The van der Waals surface area contributed by atoms with Gasteiger partial charge in [-0.1, -0.05) is 41.0 Å². The molecule has 3 aromatic heterocycles. The number of pyridine rings is 3. The molecular formula is C22H17Cl2N5O. The van der Waals surface area contributed by atoms with Gasteiger partial charge in [0.15, 0.2) is 0 Å². The zero-order valence-corrected chi connectivity index (χ0v) is 17.6. The first-order chi connectivity index (χ1) is 14.6. The Hall–Kier alpha value is -3.22. The number of fused-ring (bicyclic) bond motifs is 3. The van der Waals surface area contributed by atoms with Crippen LogP contribution >= 0.6 is 23.2 Å². The number of nitrogens with zero attached hydrogens (tertiary/aromatic N) is 4. The Labute approximate surface area is 183 Å². The van der Waals surface area contributed by atoms with Crippen LogP contribution in [0, 0.1) is 0 Å². The van der Waals surface area contributed by atoms with Gasteiger partial charge in [0.05, 0.1) is 27.0 Å². The zero-order chi connectivity index (χ0) is 21.1. The second kappa shape index (κ2) is 8.65. The number of aromatic nitrogens is 3. The summed E-state index contributed by atoms with van der Waals surface area (Å²) in [4.78, 5) is 18.3. The SMILES string of the molecule is C=CCON=C(C)c1cc(Cl)c(Nc2nc3ccncc3c3cnccc23)c(Cl)c1. The molecule has 0 saturated heterocycles. The van der Waals surface area contributed by atoms with Crippen molar-refractivity contribution in [1.29, 1.82) is 0 Å². The van der Waals surface area contributed by atoms with Crippen LogP contribution in [-0.4, -0.2) is 27.3 Å². The second-order valence-corrected chi connectivity index (χ2v) is 7.29. The second-order valence-electron chi connectivity index (χ2n) is 6.48. The van der Waals surface area contributed by atoms with Crippen molar-refractivity contribution in [3.05, 3.63) is 77.3 Å². The molecule has 0 aliphatic rings. The van der Waals surface area contributed by atoms with E-state index < -0.39 is 0 Å². The fourth-order valence-corrected chi connectivity index (χ4v) is 3.62. The molecule has 1 N–H and O–H groups in total. The molecule has 0 bridgehead atoms. The molecule has 0 aliphatic carbocycles. The maximum absolute atomic E-state index is 6.55. The summed E-state index contributed by atoms with van der Waals surface area (Å²) in [6.45, 7) is 5.73. The lowest BCUT2D eigenvalue weighted by Gasteiger charge is -2.14. The number of rotatable bonds is 6. The van der Waals surface area contributed by atoms with Gasteiger partial charge in [-0.2, -0.15) is 0 Å². The molecule has 150 valence electrons. The lowest BCUT2D eigenvalue weighted by atomic mass is 10.1. The van der Waals surface area contributed by atoms with E-state index in [9.17, 15) is 0 Å². The number of benzene rings is 1. The van der Waals surface area contributed by atoms with Crippen molar-refractivity contribution < 1.29 is 4.84 Å². The first kappa shape index (κ1) is 20.1.